The lowest BCUT2D eigenvalue weighted by molar-refractivity contribution is 0.159. The molecule has 6 rings (SSSR count). The lowest BCUT2D eigenvalue weighted by Gasteiger charge is -2.36. The minimum atomic E-state index is -3.89. The molecule has 2 aromatic heterocycles. The molecule has 204 valence electrons. The molecular formula is C29H25ClN4O4S2. The minimum Gasteiger partial charge on any atom is -0.485 e. The Labute approximate surface area is 240 Å². The number of sulfonamides is 1. The van der Waals surface area contributed by atoms with Crippen LogP contribution >= 0.6 is 22.9 Å². The largest absolute Gasteiger partial charge is 0.485 e. The zero-order chi connectivity index (χ0) is 28.0. The van der Waals surface area contributed by atoms with E-state index in [9.17, 15) is 13.2 Å². The number of rotatable bonds is 6. The van der Waals surface area contributed by atoms with Gasteiger partial charge in [0, 0.05) is 16.4 Å². The van der Waals surface area contributed by atoms with Crippen molar-refractivity contribution >= 4 is 48.9 Å². The van der Waals surface area contributed by atoms with E-state index in [1.807, 2.05) is 37.2 Å². The standard InChI is InChI=1S/C29H25ClN4O4S2/c1-32(2)16-22-17-34(40(36,37)23-6-4-3-5-7-23)25-14-21(12-13-26(25)38-22)33-18-31-24-15-27(39-28(24)29(33)35)19-8-10-20(30)11-9-19/h3-15,18,22H,16-17H2,1-2H3. The van der Waals surface area contributed by atoms with Gasteiger partial charge in [0.05, 0.1) is 28.3 Å². The molecule has 0 radical (unpaired) electrons. The fraction of sp³-hybridized carbons (Fsp3) is 0.172. The smallest absolute Gasteiger partial charge is 0.275 e. The van der Waals surface area contributed by atoms with Crippen LogP contribution in [0.1, 0.15) is 0 Å². The lowest BCUT2D eigenvalue weighted by atomic mass is 10.2. The number of ether oxygens (including phenoxy) is 1. The van der Waals surface area contributed by atoms with Crippen LogP contribution in [0.4, 0.5) is 5.69 Å². The van der Waals surface area contributed by atoms with Crippen molar-refractivity contribution in [1.82, 2.24) is 14.5 Å². The first kappa shape index (κ1) is 26.5. The van der Waals surface area contributed by atoms with Gasteiger partial charge in [-0.05, 0) is 68.2 Å². The van der Waals surface area contributed by atoms with Gasteiger partial charge in [-0.2, -0.15) is 0 Å². The van der Waals surface area contributed by atoms with Gasteiger partial charge in [0.2, 0.25) is 0 Å². The van der Waals surface area contributed by atoms with Crippen LogP contribution < -0.4 is 14.6 Å². The SMILES string of the molecule is CN(C)CC1CN(S(=O)(=O)c2ccccc2)c2cc(-n3cnc4cc(-c5ccc(Cl)cc5)sc4c3=O)ccc2O1. The third kappa shape index (κ3) is 4.88. The van der Waals surface area contributed by atoms with Crippen LogP contribution in [-0.2, 0) is 10.0 Å². The third-order valence-corrected chi connectivity index (χ3v) is 9.83. The molecule has 1 aliphatic heterocycles. The van der Waals surface area contributed by atoms with Crippen LogP contribution in [0.25, 0.3) is 26.3 Å². The van der Waals surface area contributed by atoms with Gasteiger partial charge in [-0.15, -0.1) is 11.3 Å². The number of hydrogen-bond acceptors (Lipinski definition) is 7. The van der Waals surface area contributed by atoms with Crippen molar-refractivity contribution in [1.29, 1.82) is 0 Å². The van der Waals surface area contributed by atoms with E-state index in [-0.39, 0.29) is 23.1 Å². The molecule has 3 heterocycles. The summed E-state index contributed by atoms with van der Waals surface area (Å²) in [7, 11) is -0.0674. The molecule has 1 atom stereocenters. The number of anilines is 1. The molecule has 0 aliphatic carbocycles. The summed E-state index contributed by atoms with van der Waals surface area (Å²) in [6, 6.07) is 22.7. The van der Waals surface area contributed by atoms with Crippen LogP contribution in [0, 0.1) is 0 Å². The van der Waals surface area contributed by atoms with E-state index < -0.39 is 10.0 Å². The Morgan fingerprint density at radius 1 is 1.05 bits per heavy atom. The van der Waals surface area contributed by atoms with Crippen molar-refractivity contribution in [2.75, 3.05) is 31.5 Å². The van der Waals surface area contributed by atoms with E-state index in [0.29, 0.717) is 38.9 Å². The van der Waals surface area contributed by atoms with Crippen molar-refractivity contribution < 1.29 is 13.2 Å². The molecule has 3 aromatic carbocycles. The number of benzene rings is 3. The highest BCUT2D eigenvalue weighted by molar-refractivity contribution is 7.92. The Bertz CT molecular complexity index is 1870. The van der Waals surface area contributed by atoms with Crippen molar-refractivity contribution in [2.45, 2.75) is 11.0 Å². The zero-order valence-electron chi connectivity index (χ0n) is 21.7. The van der Waals surface area contributed by atoms with Crippen molar-refractivity contribution in [3.05, 3.63) is 101 Å². The van der Waals surface area contributed by atoms with E-state index >= 15 is 0 Å². The molecule has 0 bridgehead atoms. The zero-order valence-corrected chi connectivity index (χ0v) is 24.1. The van der Waals surface area contributed by atoms with Gasteiger partial charge < -0.3 is 9.64 Å². The Kier molecular flexibility index (Phi) is 6.87. The molecule has 0 amide bonds. The Hall–Kier alpha value is -3.70. The Morgan fingerprint density at radius 3 is 2.52 bits per heavy atom. The van der Waals surface area contributed by atoms with Gasteiger partial charge >= 0.3 is 0 Å². The molecule has 0 saturated heterocycles. The lowest BCUT2D eigenvalue weighted by Crippen LogP contribution is -2.47. The predicted octanol–water partition coefficient (Wildman–Crippen LogP) is 5.29. The first-order valence-electron chi connectivity index (χ1n) is 12.5. The Balaban J connectivity index is 1.44. The summed E-state index contributed by atoms with van der Waals surface area (Å²) in [5.41, 5.74) is 2.16. The fourth-order valence-corrected chi connectivity index (χ4v) is 7.44. The summed E-state index contributed by atoms with van der Waals surface area (Å²) in [5.74, 6) is 0.435. The summed E-state index contributed by atoms with van der Waals surface area (Å²) < 4.78 is 37.1. The highest BCUT2D eigenvalue weighted by atomic mass is 35.5. The maximum absolute atomic E-state index is 13.8. The summed E-state index contributed by atoms with van der Waals surface area (Å²) in [4.78, 5) is 21.2. The van der Waals surface area contributed by atoms with Gasteiger partial charge in [-0.1, -0.05) is 41.9 Å². The molecule has 8 nitrogen and oxygen atoms in total. The molecular weight excluding hydrogens is 568 g/mol. The topological polar surface area (TPSA) is 84.7 Å². The van der Waals surface area contributed by atoms with Gasteiger partial charge in [0.15, 0.2) is 0 Å². The Morgan fingerprint density at radius 2 is 1.80 bits per heavy atom. The van der Waals surface area contributed by atoms with Crippen LogP contribution in [-0.4, -0.2) is 56.2 Å². The van der Waals surface area contributed by atoms with E-state index in [1.54, 1.807) is 60.7 Å². The monoisotopic (exact) mass is 592 g/mol. The normalized spacial score (nSPS) is 15.3. The maximum Gasteiger partial charge on any atom is 0.275 e. The average Bonchev–Trinajstić information content (AvgIpc) is 3.38. The number of halogens is 1. The van der Waals surface area contributed by atoms with Crippen LogP contribution in [0.3, 0.4) is 0 Å². The van der Waals surface area contributed by atoms with Gasteiger partial charge in [0.1, 0.15) is 22.9 Å². The quantitative estimate of drug-likeness (QED) is 0.267. The number of aromatic nitrogens is 2. The molecule has 0 fully saturated rings. The summed E-state index contributed by atoms with van der Waals surface area (Å²) in [5, 5.41) is 0.637. The van der Waals surface area contributed by atoms with E-state index in [0.717, 1.165) is 10.4 Å². The highest BCUT2D eigenvalue weighted by Gasteiger charge is 2.35. The second-order valence-electron chi connectivity index (χ2n) is 9.75. The van der Waals surface area contributed by atoms with Crippen molar-refractivity contribution in [3.8, 4) is 21.9 Å². The maximum atomic E-state index is 13.8. The van der Waals surface area contributed by atoms with Crippen molar-refractivity contribution in [2.24, 2.45) is 0 Å². The van der Waals surface area contributed by atoms with Gasteiger partial charge in [-0.25, -0.2) is 13.4 Å². The molecule has 40 heavy (non-hydrogen) atoms. The summed E-state index contributed by atoms with van der Waals surface area (Å²) in [6.45, 7) is 0.670. The number of likely N-dealkylation sites (N-methyl/N-ethyl adjacent to an activating group) is 1. The summed E-state index contributed by atoms with van der Waals surface area (Å²) >= 11 is 7.38. The average molecular weight is 593 g/mol. The van der Waals surface area contributed by atoms with Gasteiger partial charge in [-0.3, -0.25) is 13.7 Å². The van der Waals surface area contributed by atoms with Gasteiger partial charge in [0.25, 0.3) is 15.6 Å². The number of nitrogens with zero attached hydrogens (tertiary/aromatic N) is 4. The van der Waals surface area contributed by atoms with Crippen LogP contribution in [0.15, 0.2) is 94.9 Å². The highest BCUT2D eigenvalue weighted by Crippen LogP contribution is 2.39. The molecule has 1 unspecified atom stereocenters. The molecule has 11 heteroatoms. The summed E-state index contributed by atoms with van der Waals surface area (Å²) in [6.07, 6.45) is 1.10. The van der Waals surface area contributed by atoms with Crippen LogP contribution in [0.5, 0.6) is 5.75 Å². The third-order valence-electron chi connectivity index (χ3n) is 6.62. The first-order valence-corrected chi connectivity index (χ1v) is 15.1. The molecule has 0 saturated carbocycles. The first-order chi connectivity index (χ1) is 19.2. The van der Waals surface area contributed by atoms with E-state index in [4.69, 9.17) is 16.3 Å². The molecule has 0 N–H and O–H groups in total. The van der Waals surface area contributed by atoms with Crippen molar-refractivity contribution in [3.63, 3.8) is 0 Å². The minimum absolute atomic E-state index is 0.132. The number of hydrogen-bond donors (Lipinski definition) is 0. The fourth-order valence-electron chi connectivity index (χ4n) is 4.75. The van der Waals surface area contributed by atoms with E-state index in [1.165, 1.54) is 26.5 Å². The number of thiophene rings is 1. The second-order valence-corrected chi connectivity index (χ2v) is 13.1. The van der Waals surface area contributed by atoms with E-state index in [2.05, 4.69) is 4.98 Å². The molecule has 1 aliphatic rings. The molecule has 5 aromatic rings. The predicted molar refractivity (Wildman–Crippen MR) is 160 cm³/mol. The van der Waals surface area contributed by atoms with Crippen LogP contribution in [0.2, 0.25) is 5.02 Å². The molecule has 0 spiro atoms. The second kappa shape index (κ2) is 10.4. The number of fused-ring (bicyclic) bond motifs is 2.